The first kappa shape index (κ1) is 23.7. The van der Waals surface area contributed by atoms with Crippen LogP contribution in [0.3, 0.4) is 0 Å². The lowest BCUT2D eigenvalue weighted by Gasteiger charge is -2.17. The Bertz CT molecular complexity index is 1500. The molecule has 0 unspecified atom stereocenters. The van der Waals surface area contributed by atoms with E-state index in [1.54, 1.807) is 12.1 Å². The van der Waals surface area contributed by atoms with Crippen molar-refractivity contribution in [1.82, 2.24) is 0 Å². The number of carbonyl (C=O) groups is 4. The summed E-state index contributed by atoms with van der Waals surface area (Å²) in [6.45, 7) is 0.124. The van der Waals surface area contributed by atoms with E-state index in [9.17, 15) is 19.2 Å². The molecule has 37 heavy (non-hydrogen) atoms. The highest BCUT2D eigenvalue weighted by Crippen LogP contribution is 2.32. The van der Waals surface area contributed by atoms with E-state index in [0.29, 0.717) is 0 Å². The predicted octanol–water partition coefficient (Wildman–Crippen LogP) is 5.20. The number of esters is 2. The quantitative estimate of drug-likeness (QED) is 0.261. The Hall–Kier alpha value is -5.04. The summed E-state index contributed by atoms with van der Waals surface area (Å²) in [5, 5.41) is 0. The number of nitrogens with zero attached hydrogens (tertiary/aromatic N) is 1. The first-order valence-corrected chi connectivity index (χ1v) is 11.6. The number of hydrogen-bond donors (Lipinski definition) is 0. The van der Waals surface area contributed by atoms with Crippen LogP contribution in [0.2, 0.25) is 0 Å². The molecule has 0 radical (unpaired) electrons. The third kappa shape index (κ3) is 4.88. The molecular weight excluding hydrogens is 470 g/mol. The highest BCUT2D eigenvalue weighted by molar-refractivity contribution is 6.35. The van der Waals surface area contributed by atoms with Crippen LogP contribution in [-0.2, 0) is 22.7 Å². The van der Waals surface area contributed by atoms with Gasteiger partial charge in [0.25, 0.3) is 11.8 Å². The number of benzene rings is 4. The van der Waals surface area contributed by atoms with E-state index < -0.39 is 23.8 Å². The molecule has 0 aliphatic carbocycles. The number of amides is 2. The fraction of sp³-hybridized carbons (Fsp3) is 0.0667. The Morgan fingerprint density at radius 3 is 1.78 bits per heavy atom. The largest absolute Gasteiger partial charge is 0.457 e. The fourth-order valence-corrected chi connectivity index (χ4v) is 4.04. The summed E-state index contributed by atoms with van der Waals surface area (Å²) < 4.78 is 10.8. The van der Waals surface area contributed by atoms with Gasteiger partial charge in [-0.2, -0.15) is 0 Å². The van der Waals surface area contributed by atoms with Gasteiger partial charge in [0.1, 0.15) is 13.2 Å². The summed E-state index contributed by atoms with van der Waals surface area (Å²) in [6, 6.07) is 28.9. The molecule has 2 amide bonds. The average Bonchev–Trinajstić information content (AvgIpc) is 3.20. The van der Waals surface area contributed by atoms with Crippen molar-refractivity contribution < 1.29 is 28.7 Å². The summed E-state index contributed by atoms with van der Waals surface area (Å²) in [4.78, 5) is 52.9. The number of rotatable bonds is 7. The molecular formula is C30H21NO6. The minimum Gasteiger partial charge on any atom is -0.457 e. The van der Waals surface area contributed by atoms with Gasteiger partial charge in [-0.3, -0.25) is 9.59 Å². The Morgan fingerprint density at radius 2 is 1.14 bits per heavy atom. The zero-order valence-corrected chi connectivity index (χ0v) is 19.6. The van der Waals surface area contributed by atoms with E-state index in [0.717, 1.165) is 16.0 Å². The lowest BCUT2D eigenvalue weighted by atomic mass is 10.1. The summed E-state index contributed by atoms with van der Waals surface area (Å²) in [5.74, 6) is -2.51. The van der Waals surface area contributed by atoms with E-state index in [1.807, 2.05) is 60.7 Å². The van der Waals surface area contributed by atoms with E-state index in [-0.39, 0.29) is 41.2 Å². The smallest absolute Gasteiger partial charge is 0.340 e. The van der Waals surface area contributed by atoms with Gasteiger partial charge in [-0.15, -0.1) is 0 Å². The fourth-order valence-electron chi connectivity index (χ4n) is 4.04. The van der Waals surface area contributed by atoms with Gasteiger partial charge in [-0.05, 0) is 41.5 Å². The molecule has 0 saturated heterocycles. The lowest BCUT2D eigenvalue weighted by Crippen LogP contribution is -2.31. The molecule has 0 aromatic heterocycles. The van der Waals surface area contributed by atoms with Crippen molar-refractivity contribution in [2.75, 3.05) is 4.90 Å². The normalized spacial score (nSPS) is 12.3. The van der Waals surface area contributed by atoms with Gasteiger partial charge < -0.3 is 9.47 Å². The van der Waals surface area contributed by atoms with Gasteiger partial charge in [0.05, 0.1) is 27.9 Å². The van der Waals surface area contributed by atoms with Crippen LogP contribution in [0.4, 0.5) is 5.69 Å². The SMILES string of the molecule is O=C(OCc1ccccc1)c1ccc2c(c1)C(=O)N(c1ccccc1C(=O)OCc1ccccc1)C2=O. The van der Waals surface area contributed by atoms with Crippen LogP contribution >= 0.6 is 0 Å². The van der Waals surface area contributed by atoms with Gasteiger partial charge in [0.2, 0.25) is 0 Å². The topological polar surface area (TPSA) is 90.0 Å². The number of ether oxygens (including phenoxy) is 2. The highest BCUT2D eigenvalue weighted by Gasteiger charge is 2.39. The van der Waals surface area contributed by atoms with Crippen LogP contribution in [0.5, 0.6) is 0 Å². The minimum atomic E-state index is -0.666. The molecule has 1 heterocycles. The maximum Gasteiger partial charge on any atom is 0.340 e. The van der Waals surface area contributed by atoms with Gasteiger partial charge in [0, 0.05) is 0 Å². The first-order chi connectivity index (χ1) is 18.0. The van der Waals surface area contributed by atoms with Crippen LogP contribution in [0, 0.1) is 0 Å². The molecule has 0 fully saturated rings. The zero-order valence-electron chi connectivity index (χ0n) is 19.6. The van der Waals surface area contributed by atoms with Crippen molar-refractivity contribution in [3.05, 3.63) is 137 Å². The minimum absolute atomic E-state index is 0.0462. The molecule has 0 saturated carbocycles. The van der Waals surface area contributed by atoms with Gasteiger partial charge in [-0.25, -0.2) is 14.5 Å². The molecule has 0 atom stereocenters. The molecule has 1 aliphatic rings. The van der Waals surface area contributed by atoms with Crippen LogP contribution < -0.4 is 4.90 Å². The Balaban J connectivity index is 1.36. The first-order valence-electron chi connectivity index (χ1n) is 11.6. The van der Waals surface area contributed by atoms with Crippen molar-refractivity contribution in [2.24, 2.45) is 0 Å². The van der Waals surface area contributed by atoms with Crippen LogP contribution in [-0.4, -0.2) is 23.8 Å². The number of fused-ring (bicyclic) bond motifs is 1. The van der Waals surface area contributed by atoms with E-state index in [2.05, 4.69) is 0 Å². The number of anilines is 1. The van der Waals surface area contributed by atoms with Crippen LogP contribution in [0.15, 0.2) is 103 Å². The Labute approximate surface area is 212 Å². The molecule has 0 bridgehead atoms. The molecule has 7 heteroatoms. The third-order valence-corrected chi connectivity index (χ3v) is 5.91. The number of hydrogen-bond acceptors (Lipinski definition) is 6. The predicted molar refractivity (Wildman–Crippen MR) is 135 cm³/mol. The molecule has 182 valence electrons. The molecule has 0 spiro atoms. The van der Waals surface area contributed by atoms with Crippen LogP contribution in [0.1, 0.15) is 52.6 Å². The second-order valence-electron chi connectivity index (χ2n) is 8.35. The number of carbonyl (C=O) groups excluding carboxylic acids is 4. The molecule has 5 rings (SSSR count). The summed E-state index contributed by atoms with van der Waals surface area (Å²) in [6.07, 6.45) is 0. The molecule has 7 nitrogen and oxygen atoms in total. The molecule has 4 aromatic rings. The maximum atomic E-state index is 13.3. The van der Waals surface area contributed by atoms with Crippen molar-refractivity contribution in [3.8, 4) is 0 Å². The van der Waals surface area contributed by atoms with Crippen LogP contribution in [0.25, 0.3) is 0 Å². The third-order valence-electron chi connectivity index (χ3n) is 5.91. The molecule has 4 aromatic carbocycles. The maximum absolute atomic E-state index is 13.3. The number of imide groups is 1. The standard InChI is InChI=1S/C30H21NO6/c32-27-23-16-15-22(29(34)36-18-20-9-3-1-4-10-20)17-25(23)28(33)31(27)26-14-8-7-13-24(26)30(35)37-19-21-11-5-2-6-12-21/h1-17H,18-19H2. The number of para-hydroxylation sites is 1. The Morgan fingerprint density at radius 1 is 0.595 bits per heavy atom. The van der Waals surface area contributed by atoms with Gasteiger partial charge in [0.15, 0.2) is 0 Å². The highest BCUT2D eigenvalue weighted by atomic mass is 16.5. The van der Waals surface area contributed by atoms with Crippen molar-refractivity contribution in [1.29, 1.82) is 0 Å². The summed E-state index contributed by atoms with van der Waals surface area (Å²) in [7, 11) is 0. The summed E-state index contributed by atoms with van der Waals surface area (Å²) >= 11 is 0. The van der Waals surface area contributed by atoms with Crippen molar-refractivity contribution >= 4 is 29.4 Å². The average molecular weight is 491 g/mol. The van der Waals surface area contributed by atoms with Crippen molar-refractivity contribution in [2.45, 2.75) is 13.2 Å². The second-order valence-corrected chi connectivity index (χ2v) is 8.35. The van der Waals surface area contributed by atoms with E-state index >= 15 is 0 Å². The van der Waals surface area contributed by atoms with Crippen molar-refractivity contribution in [3.63, 3.8) is 0 Å². The summed E-state index contributed by atoms with van der Waals surface area (Å²) in [5.41, 5.74) is 2.17. The Kier molecular flexibility index (Phi) is 6.59. The van der Waals surface area contributed by atoms with Gasteiger partial charge in [-0.1, -0.05) is 72.8 Å². The van der Waals surface area contributed by atoms with E-state index in [4.69, 9.17) is 9.47 Å². The van der Waals surface area contributed by atoms with E-state index in [1.165, 1.54) is 30.3 Å². The zero-order chi connectivity index (χ0) is 25.8. The molecule has 1 aliphatic heterocycles. The lowest BCUT2D eigenvalue weighted by molar-refractivity contribution is 0.0464. The second kappa shape index (κ2) is 10.3. The van der Waals surface area contributed by atoms with Gasteiger partial charge >= 0.3 is 11.9 Å². The molecule has 0 N–H and O–H groups in total. The monoisotopic (exact) mass is 491 g/mol.